The molecule has 5 heteroatoms. The molecule has 1 aromatic rings. The number of halogens is 3. The second-order valence-corrected chi connectivity index (χ2v) is 6.14. The lowest BCUT2D eigenvalue weighted by Crippen LogP contribution is -1.67. The predicted molar refractivity (Wildman–Crippen MR) is 55.2 cm³/mol. The molecule has 44 valence electrons. The molecule has 1 nitrogen and oxygen atoms in total. The lowest BCUT2D eigenvalue weighted by Gasteiger charge is -1.72. The Morgan fingerprint density at radius 3 is 2.25 bits per heavy atom. The van der Waals surface area contributed by atoms with Crippen LogP contribution in [0.4, 0.5) is 0 Å². The number of thiazole rings is 1. The Balaban J connectivity index is 3.14. The van der Waals surface area contributed by atoms with E-state index in [9.17, 15) is 0 Å². The Labute approximate surface area is 86.7 Å². The van der Waals surface area contributed by atoms with E-state index in [-0.39, 0.29) is 0 Å². The molecule has 0 N–H and O–H groups in total. The van der Waals surface area contributed by atoms with Crippen LogP contribution in [0.15, 0.2) is 3.92 Å². The van der Waals surface area contributed by atoms with Crippen molar-refractivity contribution in [2.24, 2.45) is 0 Å². The Morgan fingerprint density at radius 1 is 1.50 bits per heavy atom. The average Bonchev–Trinajstić information content (AvgIpc) is 1.85. The van der Waals surface area contributed by atoms with E-state index in [4.69, 9.17) is 0 Å². The van der Waals surface area contributed by atoms with Gasteiger partial charge in [0.05, 0.1) is 2.88 Å². The maximum absolute atomic E-state index is 4.12. The molecule has 0 amide bonds. The first-order chi connectivity index (χ1) is 3.70. The van der Waals surface area contributed by atoms with E-state index >= 15 is 0 Å². The van der Waals surface area contributed by atoms with Crippen molar-refractivity contribution in [2.45, 2.75) is 0 Å². The second-order valence-electron chi connectivity index (χ2n) is 1.03. The van der Waals surface area contributed by atoms with E-state index in [1.165, 1.54) is 2.88 Å². The van der Waals surface area contributed by atoms with Gasteiger partial charge in [-0.3, -0.25) is 0 Å². The van der Waals surface area contributed by atoms with Crippen LogP contribution in [0.5, 0.6) is 0 Å². The minimum atomic E-state index is 0.964. The summed E-state index contributed by atoms with van der Waals surface area (Å²) in [6.07, 6.45) is 0. The quantitative estimate of drug-likeness (QED) is 0.593. The van der Waals surface area contributed by atoms with Crippen molar-refractivity contribution in [1.82, 2.24) is 4.98 Å². The van der Waals surface area contributed by atoms with Gasteiger partial charge in [0.2, 0.25) is 0 Å². The molecular formula is C3BrI2NS. The van der Waals surface area contributed by atoms with Gasteiger partial charge < -0.3 is 0 Å². The molecule has 0 radical (unpaired) electrons. The Kier molecular flexibility index (Phi) is 2.98. The summed E-state index contributed by atoms with van der Waals surface area (Å²) < 4.78 is 3.29. The first-order valence-electron chi connectivity index (χ1n) is 1.67. The fourth-order valence-electron chi connectivity index (χ4n) is 0.260. The third-order valence-corrected chi connectivity index (χ3v) is 5.17. The van der Waals surface area contributed by atoms with E-state index < -0.39 is 0 Å². The number of rotatable bonds is 0. The molecule has 0 aromatic carbocycles. The van der Waals surface area contributed by atoms with Crippen molar-refractivity contribution in [3.63, 3.8) is 0 Å². The number of hydrogen-bond acceptors (Lipinski definition) is 2. The topological polar surface area (TPSA) is 12.9 Å². The van der Waals surface area contributed by atoms with Crippen molar-refractivity contribution >= 4 is 72.4 Å². The van der Waals surface area contributed by atoms with Crippen LogP contribution in [-0.4, -0.2) is 4.98 Å². The van der Waals surface area contributed by atoms with Crippen molar-refractivity contribution in [3.8, 4) is 0 Å². The van der Waals surface area contributed by atoms with Crippen LogP contribution in [0.3, 0.4) is 0 Å². The van der Waals surface area contributed by atoms with Crippen molar-refractivity contribution in [1.29, 1.82) is 0 Å². The van der Waals surface area contributed by atoms with Gasteiger partial charge in [0.25, 0.3) is 0 Å². The maximum Gasteiger partial charge on any atom is 0.161 e. The van der Waals surface area contributed by atoms with Gasteiger partial charge in [-0.15, -0.1) is 0 Å². The molecule has 1 heterocycles. The van der Waals surface area contributed by atoms with Gasteiger partial charge in [0, 0.05) is 0 Å². The van der Waals surface area contributed by atoms with E-state index in [1.54, 1.807) is 11.3 Å². The normalized spacial score (nSPS) is 9.88. The van der Waals surface area contributed by atoms with Crippen molar-refractivity contribution in [2.75, 3.05) is 0 Å². The zero-order valence-corrected chi connectivity index (χ0v) is 10.2. The molecule has 0 saturated carbocycles. The molecule has 0 bridgehead atoms. The summed E-state index contributed by atoms with van der Waals surface area (Å²) in [5.41, 5.74) is 0. The minimum absolute atomic E-state index is 0.964. The zero-order valence-electron chi connectivity index (χ0n) is 3.49. The van der Waals surface area contributed by atoms with Gasteiger partial charge in [-0.05, 0) is 61.1 Å². The summed E-state index contributed by atoms with van der Waals surface area (Å²) in [4.78, 5) is 4.12. The summed E-state index contributed by atoms with van der Waals surface area (Å²) in [6.45, 7) is 0. The Bertz CT molecular complexity index is 180. The molecule has 1 rings (SSSR count). The highest BCUT2D eigenvalue weighted by atomic mass is 127. The Morgan fingerprint density at radius 2 is 2.12 bits per heavy atom. The predicted octanol–water partition coefficient (Wildman–Crippen LogP) is 3.11. The molecule has 0 aliphatic heterocycles. The van der Waals surface area contributed by atoms with Crippen LogP contribution < -0.4 is 0 Å². The smallest absolute Gasteiger partial charge is 0.161 e. The first kappa shape index (κ1) is 7.67. The summed E-state index contributed by atoms with van der Waals surface area (Å²) in [5, 5.41) is 0. The van der Waals surface area contributed by atoms with E-state index in [0.717, 1.165) is 7.62 Å². The third-order valence-electron chi connectivity index (χ3n) is 0.522. The fourth-order valence-corrected chi connectivity index (χ4v) is 4.06. The van der Waals surface area contributed by atoms with Crippen LogP contribution in [0.2, 0.25) is 0 Å². The third kappa shape index (κ3) is 1.77. The van der Waals surface area contributed by atoms with Gasteiger partial charge in [0.15, 0.2) is 3.92 Å². The minimum Gasteiger partial charge on any atom is -0.222 e. The summed E-state index contributed by atoms with van der Waals surface area (Å²) in [5.74, 6) is 0. The highest BCUT2D eigenvalue weighted by molar-refractivity contribution is 14.1. The van der Waals surface area contributed by atoms with Gasteiger partial charge in [-0.2, -0.15) is 0 Å². The first-order valence-corrected chi connectivity index (χ1v) is 5.44. The standard InChI is InChI=1S/C3BrI2NS/c4-3-7-1(5)2(6)8-3. The fraction of sp³-hybridized carbons (Fsp3) is 0. The number of aromatic nitrogens is 1. The second kappa shape index (κ2) is 3.11. The van der Waals surface area contributed by atoms with Gasteiger partial charge in [0.1, 0.15) is 3.70 Å². The number of hydrogen-bond donors (Lipinski definition) is 0. The van der Waals surface area contributed by atoms with Crippen LogP contribution in [-0.2, 0) is 0 Å². The van der Waals surface area contributed by atoms with Gasteiger partial charge >= 0.3 is 0 Å². The zero-order chi connectivity index (χ0) is 6.15. The largest absolute Gasteiger partial charge is 0.222 e. The van der Waals surface area contributed by atoms with Crippen LogP contribution in [0, 0.1) is 6.58 Å². The monoisotopic (exact) mass is 415 g/mol. The van der Waals surface area contributed by atoms with Crippen molar-refractivity contribution in [3.05, 3.63) is 10.5 Å². The molecule has 0 fully saturated rings. The molecule has 8 heavy (non-hydrogen) atoms. The van der Waals surface area contributed by atoms with Crippen LogP contribution in [0.25, 0.3) is 0 Å². The average molecular weight is 416 g/mol. The lowest BCUT2D eigenvalue weighted by molar-refractivity contribution is 1.31. The van der Waals surface area contributed by atoms with Crippen LogP contribution in [0.1, 0.15) is 0 Å². The molecular weight excluding hydrogens is 416 g/mol. The highest BCUT2D eigenvalue weighted by Gasteiger charge is 2.00. The highest BCUT2D eigenvalue weighted by Crippen LogP contribution is 2.25. The molecule has 0 unspecified atom stereocenters. The maximum atomic E-state index is 4.12. The summed E-state index contributed by atoms with van der Waals surface area (Å²) >= 11 is 9.41. The van der Waals surface area contributed by atoms with E-state index in [2.05, 4.69) is 66.1 Å². The van der Waals surface area contributed by atoms with Gasteiger partial charge in [-0.25, -0.2) is 4.98 Å². The van der Waals surface area contributed by atoms with Crippen LogP contribution >= 0.6 is 72.4 Å². The SMILES string of the molecule is Brc1nc(I)c(I)s1. The Hall–Kier alpha value is 1.57. The molecule has 1 aromatic heterocycles. The van der Waals surface area contributed by atoms with Gasteiger partial charge in [-0.1, -0.05) is 11.3 Å². The van der Waals surface area contributed by atoms with E-state index in [0.29, 0.717) is 0 Å². The molecule has 0 saturated heterocycles. The molecule has 0 aliphatic rings. The summed E-state index contributed by atoms with van der Waals surface area (Å²) in [6, 6.07) is 0. The van der Waals surface area contributed by atoms with Crippen molar-refractivity contribution < 1.29 is 0 Å². The lowest BCUT2D eigenvalue weighted by atomic mass is 11.0. The number of nitrogens with zero attached hydrogens (tertiary/aromatic N) is 1. The molecule has 0 aliphatic carbocycles. The molecule has 0 spiro atoms. The summed E-state index contributed by atoms with van der Waals surface area (Å²) in [7, 11) is 0. The molecule has 0 atom stereocenters. The van der Waals surface area contributed by atoms with E-state index in [1.807, 2.05) is 0 Å².